The van der Waals surface area contributed by atoms with Crippen molar-refractivity contribution in [1.82, 2.24) is 10.2 Å². The maximum Gasteiger partial charge on any atom is 0.319 e. The molecule has 1 aromatic rings. The molecule has 0 aromatic heterocycles. The van der Waals surface area contributed by atoms with Crippen molar-refractivity contribution in [2.24, 2.45) is 0 Å². The van der Waals surface area contributed by atoms with Gasteiger partial charge in [0.05, 0.1) is 12.3 Å². The van der Waals surface area contributed by atoms with Gasteiger partial charge in [0, 0.05) is 18.1 Å². The third-order valence-corrected chi connectivity index (χ3v) is 3.33. The summed E-state index contributed by atoms with van der Waals surface area (Å²) < 4.78 is 5.46. The number of nitrogens with one attached hydrogen (secondary N) is 2. The van der Waals surface area contributed by atoms with Crippen molar-refractivity contribution in [3.8, 4) is 5.75 Å². The number of hydrogen-bond acceptors (Lipinski definition) is 3. The number of amides is 2. The summed E-state index contributed by atoms with van der Waals surface area (Å²) in [5, 5.41) is 6.15. The minimum Gasteiger partial charge on any atom is -0.492 e. The zero-order valence-electron chi connectivity index (χ0n) is 12.9. The van der Waals surface area contributed by atoms with Crippen LogP contribution in [0.3, 0.4) is 0 Å². The molecule has 1 rings (SSSR count). The van der Waals surface area contributed by atoms with E-state index >= 15 is 0 Å². The minimum atomic E-state index is -0.259. The number of halogens is 1. The molecular formula is C15H24ClN3O2. The minimum absolute atomic E-state index is 0.259. The van der Waals surface area contributed by atoms with Gasteiger partial charge in [-0.1, -0.05) is 25.4 Å². The maximum absolute atomic E-state index is 11.9. The van der Waals surface area contributed by atoms with Gasteiger partial charge < -0.3 is 20.3 Å². The van der Waals surface area contributed by atoms with E-state index in [1.54, 1.807) is 18.2 Å². The number of carbonyl (C=O) groups is 1. The second-order valence-corrected chi connectivity index (χ2v) is 4.92. The van der Waals surface area contributed by atoms with Crippen molar-refractivity contribution < 1.29 is 9.53 Å². The van der Waals surface area contributed by atoms with Gasteiger partial charge in [-0.2, -0.15) is 0 Å². The smallest absolute Gasteiger partial charge is 0.319 e. The Morgan fingerprint density at radius 1 is 1.29 bits per heavy atom. The van der Waals surface area contributed by atoms with Gasteiger partial charge in [0.2, 0.25) is 0 Å². The predicted molar refractivity (Wildman–Crippen MR) is 87.4 cm³/mol. The van der Waals surface area contributed by atoms with Crippen molar-refractivity contribution in [2.45, 2.75) is 20.8 Å². The van der Waals surface area contributed by atoms with Crippen LogP contribution in [0.15, 0.2) is 18.2 Å². The quantitative estimate of drug-likeness (QED) is 0.775. The lowest BCUT2D eigenvalue weighted by Gasteiger charge is -2.18. The normalized spacial score (nSPS) is 10.5. The number of benzene rings is 1. The third kappa shape index (κ3) is 6.23. The van der Waals surface area contributed by atoms with E-state index in [1.807, 2.05) is 6.92 Å². The lowest BCUT2D eigenvalue weighted by atomic mass is 10.3. The number of rotatable bonds is 8. The second-order valence-electron chi connectivity index (χ2n) is 4.48. The fourth-order valence-corrected chi connectivity index (χ4v) is 2.09. The molecule has 2 amide bonds. The fourth-order valence-electron chi connectivity index (χ4n) is 1.92. The monoisotopic (exact) mass is 313 g/mol. The Morgan fingerprint density at radius 3 is 2.62 bits per heavy atom. The van der Waals surface area contributed by atoms with Gasteiger partial charge in [-0.15, -0.1) is 0 Å². The summed E-state index contributed by atoms with van der Waals surface area (Å²) >= 11 is 5.95. The standard InChI is InChI=1S/C15H24ClN3O2/c1-4-19(5-2)10-9-17-15(20)18-13-11-12(16)7-8-14(13)21-6-3/h7-8,11H,4-6,9-10H2,1-3H3,(H2,17,18,20). The van der Waals surface area contributed by atoms with Gasteiger partial charge in [0.25, 0.3) is 0 Å². The first-order valence-corrected chi connectivity index (χ1v) is 7.68. The summed E-state index contributed by atoms with van der Waals surface area (Å²) in [5.74, 6) is 0.612. The van der Waals surface area contributed by atoms with Crippen LogP contribution in [0, 0.1) is 0 Å². The van der Waals surface area contributed by atoms with Crippen LogP contribution in [0.1, 0.15) is 20.8 Å². The highest BCUT2D eigenvalue weighted by Crippen LogP contribution is 2.27. The second kappa shape index (κ2) is 9.47. The van der Waals surface area contributed by atoms with E-state index in [4.69, 9.17) is 16.3 Å². The molecular weight excluding hydrogens is 290 g/mol. The van der Waals surface area contributed by atoms with Crippen molar-refractivity contribution >= 4 is 23.3 Å². The topological polar surface area (TPSA) is 53.6 Å². The zero-order valence-corrected chi connectivity index (χ0v) is 13.7. The highest BCUT2D eigenvalue weighted by Gasteiger charge is 2.08. The molecule has 0 heterocycles. The molecule has 0 saturated heterocycles. The fraction of sp³-hybridized carbons (Fsp3) is 0.533. The number of urea groups is 1. The van der Waals surface area contributed by atoms with Crippen LogP contribution in [0.25, 0.3) is 0 Å². The van der Waals surface area contributed by atoms with Crippen LogP contribution in [0.4, 0.5) is 10.5 Å². The van der Waals surface area contributed by atoms with Crippen molar-refractivity contribution in [2.75, 3.05) is 38.1 Å². The largest absolute Gasteiger partial charge is 0.492 e. The van der Waals surface area contributed by atoms with Crippen LogP contribution < -0.4 is 15.4 Å². The van der Waals surface area contributed by atoms with Crippen LogP contribution in [0.5, 0.6) is 5.75 Å². The number of ether oxygens (including phenoxy) is 1. The third-order valence-electron chi connectivity index (χ3n) is 3.10. The average Bonchev–Trinajstić information content (AvgIpc) is 2.46. The molecule has 5 nitrogen and oxygen atoms in total. The SMILES string of the molecule is CCOc1ccc(Cl)cc1NC(=O)NCCN(CC)CC. The van der Waals surface area contributed by atoms with E-state index in [0.717, 1.165) is 19.6 Å². The lowest BCUT2D eigenvalue weighted by molar-refractivity contribution is 0.247. The Kier molecular flexibility index (Phi) is 7.93. The summed E-state index contributed by atoms with van der Waals surface area (Å²) in [6.07, 6.45) is 0. The Labute approximate surface area is 131 Å². The predicted octanol–water partition coefficient (Wildman–Crippen LogP) is 3.20. The van der Waals surface area contributed by atoms with Gasteiger partial charge in [-0.25, -0.2) is 4.79 Å². The lowest BCUT2D eigenvalue weighted by Crippen LogP contribution is -2.36. The van der Waals surface area contributed by atoms with Gasteiger partial charge in [0.1, 0.15) is 5.75 Å². The Bertz CT molecular complexity index is 451. The van der Waals surface area contributed by atoms with E-state index < -0.39 is 0 Å². The Balaban J connectivity index is 2.52. The summed E-state index contributed by atoms with van der Waals surface area (Å²) in [4.78, 5) is 14.1. The summed E-state index contributed by atoms with van der Waals surface area (Å²) in [5.41, 5.74) is 0.574. The van der Waals surface area contributed by atoms with E-state index in [2.05, 4.69) is 29.4 Å². The first kappa shape index (κ1) is 17.6. The van der Waals surface area contributed by atoms with Crippen LogP contribution in [0.2, 0.25) is 5.02 Å². The van der Waals surface area contributed by atoms with E-state index in [1.165, 1.54) is 0 Å². The molecule has 0 aliphatic carbocycles. The molecule has 2 N–H and O–H groups in total. The first-order valence-electron chi connectivity index (χ1n) is 7.30. The number of nitrogens with zero attached hydrogens (tertiary/aromatic N) is 1. The van der Waals surface area contributed by atoms with E-state index in [0.29, 0.717) is 29.6 Å². The van der Waals surface area contributed by atoms with Gasteiger partial charge in [0.15, 0.2) is 0 Å². The van der Waals surface area contributed by atoms with Crippen LogP contribution >= 0.6 is 11.6 Å². The number of hydrogen-bond donors (Lipinski definition) is 2. The number of anilines is 1. The van der Waals surface area contributed by atoms with E-state index in [-0.39, 0.29) is 6.03 Å². The van der Waals surface area contributed by atoms with Crippen LogP contribution in [-0.2, 0) is 0 Å². The zero-order chi connectivity index (χ0) is 15.7. The summed E-state index contributed by atoms with van der Waals surface area (Å²) in [7, 11) is 0. The molecule has 0 unspecified atom stereocenters. The first-order chi connectivity index (χ1) is 10.1. The van der Waals surface area contributed by atoms with E-state index in [9.17, 15) is 4.79 Å². The molecule has 0 atom stereocenters. The highest BCUT2D eigenvalue weighted by molar-refractivity contribution is 6.31. The maximum atomic E-state index is 11.9. The molecule has 0 aliphatic rings. The Hall–Kier alpha value is -1.46. The number of likely N-dealkylation sites (N-methyl/N-ethyl adjacent to an activating group) is 1. The van der Waals surface area contributed by atoms with Crippen molar-refractivity contribution in [1.29, 1.82) is 0 Å². The molecule has 118 valence electrons. The van der Waals surface area contributed by atoms with Gasteiger partial charge >= 0.3 is 6.03 Å². The molecule has 0 bridgehead atoms. The van der Waals surface area contributed by atoms with Crippen molar-refractivity contribution in [3.05, 3.63) is 23.2 Å². The number of carbonyl (C=O) groups excluding carboxylic acids is 1. The molecule has 1 aromatic carbocycles. The molecule has 0 aliphatic heterocycles. The van der Waals surface area contributed by atoms with Crippen molar-refractivity contribution in [3.63, 3.8) is 0 Å². The average molecular weight is 314 g/mol. The summed E-state index contributed by atoms with van der Waals surface area (Å²) in [6, 6.07) is 4.90. The van der Waals surface area contributed by atoms with Gasteiger partial charge in [-0.3, -0.25) is 0 Å². The van der Waals surface area contributed by atoms with Crippen LogP contribution in [-0.4, -0.2) is 43.7 Å². The van der Waals surface area contributed by atoms with Gasteiger partial charge in [-0.05, 0) is 38.2 Å². The molecule has 0 fully saturated rings. The molecule has 6 heteroatoms. The highest BCUT2D eigenvalue weighted by atomic mass is 35.5. The molecule has 0 spiro atoms. The Morgan fingerprint density at radius 2 is 2.00 bits per heavy atom. The summed E-state index contributed by atoms with van der Waals surface area (Å²) in [6.45, 7) is 9.99. The molecule has 0 saturated carbocycles. The molecule has 21 heavy (non-hydrogen) atoms. The molecule has 0 radical (unpaired) electrons.